The molecule has 2 N–H and O–H groups in total. The van der Waals surface area contributed by atoms with E-state index in [4.69, 9.17) is 0 Å². The zero-order chi connectivity index (χ0) is 18.8. The minimum absolute atomic E-state index is 0.165. The van der Waals surface area contributed by atoms with Crippen LogP contribution in [0.3, 0.4) is 0 Å². The van der Waals surface area contributed by atoms with Gasteiger partial charge in [-0.25, -0.2) is 0 Å². The predicted molar refractivity (Wildman–Crippen MR) is 107 cm³/mol. The minimum Gasteiger partial charge on any atom is -0.361 e. The summed E-state index contributed by atoms with van der Waals surface area (Å²) in [6.45, 7) is 1.97. The van der Waals surface area contributed by atoms with Crippen LogP contribution in [0.25, 0.3) is 10.9 Å². The molecular weight excluding hydrogens is 336 g/mol. The van der Waals surface area contributed by atoms with Crippen LogP contribution in [0.1, 0.15) is 31.8 Å². The Hall–Kier alpha value is -3.66. The number of hydrogen-bond acceptors (Lipinski definition) is 2. The lowest BCUT2D eigenvalue weighted by Gasteiger charge is -2.10. The normalized spacial score (nSPS) is 10.7. The Morgan fingerprint density at radius 3 is 2.37 bits per heavy atom. The standard InChI is InChI=1S/C23H18N2O2/c1-15-6-8-16(9-7-15)22(26)19-4-2-3-5-20(19)23(27)25-18-10-11-21-17(14-18)12-13-24-21/h2-14,24H,1H3,(H,25,27). The Morgan fingerprint density at radius 2 is 1.59 bits per heavy atom. The van der Waals surface area contributed by atoms with Gasteiger partial charge < -0.3 is 10.3 Å². The van der Waals surface area contributed by atoms with Crippen molar-refractivity contribution in [2.75, 3.05) is 5.32 Å². The lowest BCUT2D eigenvalue weighted by molar-refractivity contribution is 0.0996. The summed E-state index contributed by atoms with van der Waals surface area (Å²) < 4.78 is 0. The van der Waals surface area contributed by atoms with Crippen molar-refractivity contribution >= 4 is 28.3 Å². The van der Waals surface area contributed by atoms with E-state index in [9.17, 15) is 9.59 Å². The number of benzene rings is 3. The highest BCUT2D eigenvalue weighted by atomic mass is 16.2. The molecule has 3 aromatic carbocycles. The van der Waals surface area contributed by atoms with Crippen molar-refractivity contribution in [1.82, 2.24) is 4.98 Å². The van der Waals surface area contributed by atoms with Gasteiger partial charge in [0.2, 0.25) is 0 Å². The van der Waals surface area contributed by atoms with E-state index in [1.165, 1.54) is 0 Å². The molecule has 0 saturated heterocycles. The first-order valence-electron chi connectivity index (χ1n) is 8.71. The third-order valence-electron chi connectivity index (χ3n) is 4.54. The summed E-state index contributed by atoms with van der Waals surface area (Å²) >= 11 is 0. The fraction of sp³-hybridized carbons (Fsp3) is 0.0435. The van der Waals surface area contributed by atoms with E-state index in [2.05, 4.69) is 10.3 Å². The van der Waals surface area contributed by atoms with Crippen LogP contribution in [0.15, 0.2) is 79.0 Å². The van der Waals surface area contributed by atoms with Gasteiger partial charge in [-0.1, -0.05) is 48.0 Å². The highest BCUT2D eigenvalue weighted by Crippen LogP contribution is 2.20. The molecule has 4 aromatic rings. The fourth-order valence-corrected chi connectivity index (χ4v) is 3.07. The van der Waals surface area contributed by atoms with E-state index < -0.39 is 0 Å². The average molecular weight is 354 g/mol. The van der Waals surface area contributed by atoms with Gasteiger partial charge in [0, 0.05) is 33.9 Å². The van der Waals surface area contributed by atoms with Crippen molar-refractivity contribution in [3.63, 3.8) is 0 Å². The second-order valence-electron chi connectivity index (χ2n) is 6.47. The van der Waals surface area contributed by atoms with E-state index in [0.717, 1.165) is 16.5 Å². The number of hydrogen-bond donors (Lipinski definition) is 2. The molecule has 0 radical (unpaired) electrons. The van der Waals surface area contributed by atoms with Gasteiger partial charge in [0.15, 0.2) is 5.78 Å². The van der Waals surface area contributed by atoms with Crippen LogP contribution in [0.4, 0.5) is 5.69 Å². The van der Waals surface area contributed by atoms with Gasteiger partial charge in [-0.15, -0.1) is 0 Å². The number of aromatic nitrogens is 1. The number of ketones is 1. The van der Waals surface area contributed by atoms with E-state index in [0.29, 0.717) is 22.4 Å². The summed E-state index contributed by atoms with van der Waals surface area (Å²) in [6.07, 6.45) is 1.85. The van der Waals surface area contributed by atoms with Gasteiger partial charge in [0.05, 0.1) is 5.56 Å². The van der Waals surface area contributed by atoms with Crippen molar-refractivity contribution in [2.45, 2.75) is 6.92 Å². The lowest BCUT2D eigenvalue weighted by Crippen LogP contribution is -2.17. The Morgan fingerprint density at radius 1 is 0.852 bits per heavy atom. The van der Waals surface area contributed by atoms with Gasteiger partial charge in [-0.2, -0.15) is 0 Å². The molecule has 1 amide bonds. The van der Waals surface area contributed by atoms with Crippen LogP contribution in [0, 0.1) is 6.92 Å². The molecule has 0 aliphatic rings. The fourth-order valence-electron chi connectivity index (χ4n) is 3.07. The van der Waals surface area contributed by atoms with Crippen molar-refractivity contribution in [1.29, 1.82) is 0 Å². The summed E-state index contributed by atoms with van der Waals surface area (Å²) in [5.74, 6) is -0.470. The first-order chi connectivity index (χ1) is 13.1. The Bertz CT molecular complexity index is 1140. The SMILES string of the molecule is Cc1ccc(C(=O)c2ccccc2C(=O)Nc2ccc3[nH]ccc3c2)cc1. The van der Waals surface area contributed by atoms with Crippen LogP contribution < -0.4 is 5.32 Å². The zero-order valence-electron chi connectivity index (χ0n) is 14.8. The molecule has 1 aromatic heterocycles. The quantitative estimate of drug-likeness (QED) is 0.509. The number of carbonyl (C=O) groups is 2. The molecule has 4 heteroatoms. The van der Waals surface area contributed by atoms with E-state index in [1.54, 1.807) is 36.4 Å². The second-order valence-corrected chi connectivity index (χ2v) is 6.47. The molecule has 0 fully saturated rings. The van der Waals surface area contributed by atoms with Crippen molar-refractivity contribution in [2.24, 2.45) is 0 Å². The molecule has 0 saturated carbocycles. The van der Waals surface area contributed by atoms with Crippen LogP contribution in [-0.4, -0.2) is 16.7 Å². The summed E-state index contributed by atoms with van der Waals surface area (Å²) in [5, 5.41) is 3.90. The third kappa shape index (κ3) is 3.37. The highest BCUT2D eigenvalue weighted by Gasteiger charge is 2.18. The van der Waals surface area contributed by atoms with Gasteiger partial charge >= 0.3 is 0 Å². The Labute approximate surface area is 156 Å². The number of aryl methyl sites for hydroxylation is 1. The number of amides is 1. The first kappa shape index (κ1) is 16.8. The number of rotatable bonds is 4. The van der Waals surface area contributed by atoms with Gasteiger partial charge in [0.1, 0.15) is 0 Å². The maximum Gasteiger partial charge on any atom is 0.256 e. The monoisotopic (exact) mass is 354 g/mol. The average Bonchev–Trinajstić information content (AvgIpc) is 3.16. The van der Waals surface area contributed by atoms with Crippen molar-refractivity contribution < 1.29 is 9.59 Å². The maximum atomic E-state index is 12.9. The Kier molecular flexibility index (Phi) is 4.30. The molecule has 0 unspecified atom stereocenters. The molecular formula is C23H18N2O2. The second kappa shape index (κ2) is 6.92. The molecule has 0 bridgehead atoms. The van der Waals surface area contributed by atoms with E-state index in [-0.39, 0.29) is 11.7 Å². The predicted octanol–water partition coefficient (Wildman–Crippen LogP) is 4.96. The Balaban J connectivity index is 1.64. The third-order valence-corrected chi connectivity index (χ3v) is 4.54. The molecule has 0 atom stereocenters. The largest absolute Gasteiger partial charge is 0.361 e. The number of anilines is 1. The topological polar surface area (TPSA) is 62.0 Å². The lowest BCUT2D eigenvalue weighted by atomic mass is 9.97. The minimum atomic E-state index is -0.305. The van der Waals surface area contributed by atoms with Crippen molar-refractivity contribution in [3.05, 3.63) is 101 Å². The maximum absolute atomic E-state index is 12.9. The van der Waals surface area contributed by atoms with Gasteiger partial charge in [0.25, 0.3) is 5.91 Å². The summed E-state index contributed by atoms with van der Waals surface area (Å²) in [4.78, 5) is 28.8. The smallest absolute Gasteiger partial charge is 0.256 e. The number of fused-ring (bicyclic) bond motifs is 1. The summed E-state index contributed by atoms with van der Waals surface area (Å²) in [5.41, 5.74) is 4.08. The van der Waals surface area contributed by atoms with Crippen LogP contribution in [0.5, 0.6) is 0 Å². The zero-order valence-corrected chi connectivity index (χ0v) is 14.8. The molecule has 0 spiro atoms. The molecule has 1 heterocycles. The highest BCUT2D eigenvalue weighted by molar-refractivity contribution is 6.17. The summed E-state index contributed by atoms with van der Waals surface area (Å²) in [6, 6.07) is 21.8. The van der Waals surface area contributed by atoms with Crippen LogP contribution in [0.2, 0.25) is 0 Å². The molecule has 0 aliphatic heterocycles. The van der Waals surface area contributed by atoms with Gasteiger partial charge in [-0.3, -0.25) is 9.59 Å². The van der Waals surface area contributed by atoms with Crippen molar-refractivity contribution in [3.8, 4) is 0 Å². The first-order valence-corrected chi connectivity index (χ1v) is 8.71. The number of carbonyl (C=O) groups excluding carboxylic acids is 2. The molecule has 27 heavy (non-hydrogen) atoms. The van der Waals surface area contributed by atoms with E-state index >= 15 is 0 Å². The summed E-state index contributed by atoms with van der Waals surface area (Å²) in [7, 11) is 0. The number of H-pyrrole nitrogens is 1. The molecule has 0 aliphatic carbocycles. The van der Waals surface area contributed by atoms with Crippen LogP contribution >= 0.6 is 0 Å². The van der Waals surface area contributed by atoms with Crippen LogP contribution in [-0.2, 0) is 0 Å². The molecule has 132 valence electrons. The van der Waals surface area contributed by atoms with Gasteiger partial charge in [-0.05, 0) is 37.3 Å². The number of nitrogens with one attached hydrogen (secondary N) is 2. The van der Waals surface area contributed by atoms with E-state index in [1.807, 2.05) is 49.5 Å². The number of aromatic amines is 1. The molecule has 4 nitrogen and oxygen atoms in total. The molecule has 4 rings (SSSR count).